The van der Waals surface area contributed by atoms with Gasteiger partial charge in [0, 0.05) is 12.6 Å². The quantitative estimate of drug-likeness (QED) is 0.821. The molecule has 4 heteroatoms. The number of rotatable bonds is 2. The van der Waals surface area contributed by atoms with Gasteiger partial charge in [0.2, 0.25) is 0 Å². The topological polar surface area (TPSA) is 38.1 Å². The zero-order valence-corrected chi connectivity index (χ0v) is 8.54. The van der Waals surface area contributed by atoms with Crippen molar-refractivity contribution in [3.05, 3.63) is 35.8 Å². The molecule has 0 atom stereocenters. The summed E-state index contributed by atoms with van der Waals surface area (Å²) in [5.41, 5.74) is 2.14. The van der Waals surface area contributed by atoms with Crippen LogP contribution in [0.2, 0.25) is 0 Å². The van der Waals surface area contributed by atoms with E-state index in [4.69, 9.17) is 4.42 Å². The molecule has 0 radical (unpaired) electrons. The van der Waals surface area contributed by atoms with Gasteiger partial charge in [-0.3, -0.25) is 0 Å². The van der Waals surface area contributed by atoms with E-state index in [-0.39, 0.29) is 5.82 Å². The van der Waals surface area contributed by atoms with Crippen molar-refractivity contribution >= 4 is 6.01 Å². The lowest BCUT2D eigenvalue weighted by atomic mass is 10.1. The van der Waals surface area contributed by atoms with Crippen LogP contribution in [0.1, 0.15) is 5.56 Å². The van der Waals surface area contributed by atoms with Crippen molar-refractivity contribution in [1.29, 1.82) is 0 Å². The van der Waals surface area contributed by atoms with Crippen LogP contribution in [-0.4, -0.2) is 12.0 Å². The minimum absolute atomic E-state index is 0.212. The summed E-state index contributed by atoms with van der Waals surface area (Å²) in [5.74, 6) is -0.212. The van der Waals surface area contributed by atoms with Crippen LogP contribution in [0.25, 0.3) is 11.3 Å². The number of aromatic nitrogens is 1. The van der Waals surface area contributed by atoms with Crippen LogP contribution in [0.5, 0.6) is 0 Å². The molecule has 0 aliphatic heterocycles. The monoisotopic (exact) mass is 206 g/mol. The third kappa shape index (κ3) is 1.83. The van der Waals surface area contributed by atoms with E-state index in [2.05, 4.69) is 10.3 Å². The molecule has 1 aromatic carbocycles. The van der Waals surface area contributed by atoms with Crippen molar-refractivity contribution in [3.8, 4) is 11.3 Å². The first-order chi connectivity index (χ1) is 7.20. The molecule has 1 heterocycles. The number of halogens is 1. The molecule has 2 rings (SSSR count). The van der Waals surface area contributed by atoms with Gasteiger partial charge in [0.1, 0.15) is 17.8 Å². The molecule has 0 saturated heterocycles. The van der Waals surface area contributed by atoms with E-state index in [9.17, 15) is 4.39 Å². The summed E-state index contributed by atoms with van der Waals surface area (Å²) in [6.07, 6.45) is 1.54. The largest absolute Gasteiger partial charge is 0.432 e. The van der Waals surface area contributed by atoms with Gasteiger partial charge in [-0.05, 0) is 30.7 Å². The second kappa shape index (κ2) is 3.73. The number of benzene rings is 1. The third-order valence-corrected chi connectivity index (χ3v) is 2.17. The number of nitrogens with zero attached hydrogens (tertiary/aromatic N) is 1. The van der Waals surface area contributed by atoms with E-state index < -0.39 is 0 Å². The highest BCUT2D eigenvalue weighted by atomic mass is 19.1. The number of oxazole rings is 1. The first kappa shape index (κ1) is 9.71. The van der Waals surface area contributed by atoms with Crippen LogP contribution in [0.3, 0.4) is 0 Å². The lowest BCUT2D eigenvalue weighted by Crippen LogP contribution is -1.88. The van der Waals surface area contributed by atoms with Gasteiger partial charge in [0.25, 0.3) is 6.01 Å². The standard InChI is InChI=1S/C11H11FN2O/c1-7-5-8(3-4-9(7)12)10-6-15-11(13-2)14-10/h3-6H,1-2H3,(H,13,14). The molecule has 15 heavy (non-hydrogen) atoms. The predicted molar refractivity (Wildman–Crippen MR) is 56.2 cm³/mol. The number of nitrogens with one attached hydrogen (secondary N) is 1. The van der Waals surface area contributed by atoms with E-state index >= 15 is 0 Å². The van der Waals surface area contributed by atoms with Crippen LogP contribution < -0.4 is 5.32 Å². The summed E-state index contributed by atoms with van der Waals surface area (Å²) in [6, 6.07) is 5.30. The van der Waals surface area contributed by atoms with Gasteiger partial charge in [-0.25, -0.2) is 4.39 Å². The van der Waals surface area contributed by atoms with Gasteiger partial charge < -0.3 is 9.73 Å². The third-order valence-electron chi connectivity index (χ3n) is 2.17. The molecular weight excluding hydrogens is 195 g/mol. The fraction of sp³-hybridized carbons (Fsp3) is 0.182. The first-order valence-electron chi connectivity index (χ1n) is 4.60. The van der Waals surface area contributed by atoms with Gasteiger partial charge >= 0.3 is 0 Å². The summed E-state index contributed by atoms with van der Waals surface area (Å²) in [5, 5.41) is 2.79. The number of aryl methyl sites for hydroxylation is 1. The fourth-order valence-electron chi connectivity index (χ4n) is 1.33. The van der Waals surface area contributed by atoms with Crippen LogP contribution in [0.15, 0.2) is 28.9 Å². The van der Waals surface area contributed by atoms with Gasteiger partial charge in [0.05, 0.1) is 0 Å². The van der Waals surface area contributed by atoms with Crippen molar-refractivity contribution in [2.45, 2.75) is 6.92 Å². The maximum absolute atomic E-state index is 13.0. The van der Waals surface area contributed by atoms with Crippen molar-refractivity contribution in [2.75, 3.05) is 12.4 Å². The number of hydrogen-bond donors (Lipinski definition) is 1. The average molecular weight is 206 g/mol. The van der Waals surface area contributed by atoms with Crippen molar-refractivity contribution in [1.82, 2.24) is 4.98 Å². The minimum Gasteiger partial charge on any atom is -0.432 e. The van der Waals surface area contributed by atoms with E-state index in [1.54, 1.807) is 32.4 Å². The van der Waals surface area contributed by atoms with Crippen molar-refractivity contribution in [3.63, 3.8) is 0 Å². The average Bonchev–Trinajstić information content (AvgIpc) is 2.70. The maximum Gasteiger partial charge on any atom is 0.294 e. The molecule has 1 aromatic heterocycles. The van der Waals surface area contributed by atoms with Gasteiger partial charge in [-0.2, -0.15) is 4.98 Å². The Kier molecular flexibility index (Phi) is 2.41. The minimum atomic E-state index is -0.212. The number of hydrogen-bond acceptors (Lipinski definition) is 3. The smallest absolute Gasteiger partial charge is 0.294 e. The molecule has 0 spiro atoms. The summed E-state index contributed by atoms with van der Waals surface area (Å²) in [6.45, 7) is 1.72. The highest BCUT2D eigenvalue weighted by Crippen LogP contribution is 2.22. The fourth-order valence-corrected chi connectivity index (χ4v) is 1.33. The Labute approximate surface area is 86.9 Å². The Morgan fingerprint density at radius 1 is 1.40 bits per heavy atom. The summed E-state index contributed by atoms with van der Waals surface area (Å²) < 4.78 is 18.2. The molecule has 0 aliphatic rings. The zero-order valence-electron chi connectivity index (χ0n) is 8.54. The van der Waals surface area contributed by atoms with Gasteiger partial charge in [-0.15, -0.1) is 0 Å². The van der Waals surface area contributed by atoms with E-state index in [0.717, 1.165) is 5.56 Å². The molecule has 0 saturated carbocycles. The number of anilines is 1. The second-order valence-electron chi connectivity index (χ2n) is 3.25. The second-order valence-corrected chi connectivity index (χ2v) is 3.25. The zero-order chi connectivity index (χ0) is 10.8. The lowest BCUT2D eigenvalue weighted by molar-refractivity contribution is 0.576. The molecule has 0 bridgehead atoms. The highest BCUT2D eigenvalue weighted by Gasteiger charge is 2.06. The molecule has 0 amide bonds. The molecule has 3 nitrogen and oxygen atoms in total. The molecular formula is C11H11FN2O. The SMILES string of the molecule is CNc1nc(-c2ccc(F)c(C)c2)co1. The summed E-state index contributed by atoms with van der Waals surface area (Å²) in [7, 11) is 1.73. The first-order valence-corrected chi connectivity index (χ1v) is 4.60. The Bertz CT molecular complexity index is 479. The normalized spacial score (nSPS) is 10.3. The summed E-state index contributed by atoms with van der Waals surface area (Å²) >= 11 is 0. The summed E-state index contributed by atoms with van der Waals surface area (Å²) in [4.78, 5) is 4.17. The molecule has 1 N–H and O–H groups in total. The lowest BCUT2D eigenvalue weighted by Gasteiger charge is -1.98. The van der Waals surface area contributed by atoms with Crippen LogP contribution in [0.4, 0.5) is 10.4 Å². The van der Waals surface area contributed by atoms with E-state index in [0.29, 0.717) is 17.3 Å². The molecule has 2 aromatic rings. The molecule has 0 fully saturated rings. The maximum atomic E-state index is 13.0. The van der Waals surface area contributed by atoms with Crippen LogP contribution in [0, 0.1) is 12.7 Å². The predicted octanol–water partition coefficient (Wildman–Crippen LogP) is 2.83. The van der Waals surface area contributed by atoms with Crippen LogP contribution >= 0.6 is 0 Å². The van der Waals surface area contributed by atoms with E-state index in [1.807, 2.05) is 0 Å². The van der Waals surface area contributed by atoms with Crippen molar-refractivity contribution in [2.24, 2.45) is 0 Å². The van der Waals surface area contributed by atoms with Crippen LogP contribution in [-0.2, 0) is 0 Å². The highest BCUT2D eigenvalue weighted by molar-refractivity contribution is 5.60. The van der Waals surface area contributed by atoms with Gasteiger partial charge in [0.15, 0.2) is 0 Å². The molecule has 78 valence electrons. The van der Waals surface area contributed by atoms with Gasteiger partial charge in [-0.1, -0.05) is 0 Å². The van der Waals surface area contributed by atoms with E-state index in [1.165, 1.54) is 6.07 Å². The Morgan fingerprint density at radius 2 is 2.20 bits per heavy atom. The molecule has 0 aliphatic carbocycles. The Balaban J connectivity index is 2.40. The van der Waals surface area contributed by atoms with Crippen molar-refractivity contribution < 1.29 is 8.81 Å². The Morgan fingerprint density at radius 3 is 2.80 bits per heavy atom. The Hall–Kier alpha value is -1.84. The molecule has 0 unspecified atom stereocenters.